The van der Waals surface area contributed by atoms with E-state index in [9.17, 15) is 9.59 Å². The van der Waals surface area contributed by atoms with E-state index in [1.807, 2.05) is 24.3 Å². The van der Waals surface area contributed by atoms with Gasteiger partial charge >= 0.3 is 0 Å². The number of anilines is 1. The van der Waals surface area contributed by atoms with Crippen molar-refractivity contribution in [3.8, 4) is 0 Å². The summed E-state index contributed by atoms with van der Waals surface area (Å²) >= 11 is 0. The minimum atomic E-state index is -0.00459. The molecule has 1 aromatic carbocycles. The summed E-state index contributed by atoms with van der Waals surface area (Å²) in [6.45, 7) is 5.91. The van der Waals surface area contributed by atoms with Gasteiger partial charge in [-0.05, 0) is 31.0 Å². The first-order valence-corrected chi connectivity index (χ1v) is 7.96. The molecule has 5 nitrogen and oxygen atoms in total. The average molecular weight is 305 g/mol. The van der Waals surface area contributed by atoms with Gasteiger partial charge in [-0.25, -0.2) is 0 Å². The summed E-state index contributed by atoms with van der Waals surface area (Å²) in [6, 6.07) is 7.86. The van der Waals surface area contributed by atoms with Gasteiger partial charge in [0.25, 0.3) is 0 Å². The topological polar surface area (TPSA) is 70.2 Å². The van der Waals surface area contributed by atoms with E-state index in [0.717, 1.165) is 43.6 Å². The highest BCUT2D eigenvalue weighted by molar-refractivity contribution is 5.91. The summed E-state index contributed by atoms with van der Waals surface area (Å²) < 4.78 is 0. The lowest BCUT2D eigenvalue weighted by Gasteiger charge is -2.11. The number of carbonyl (C=O) groups is 2. The van der Waals surface area contributed by atoms with Gasteiger partial charge in [0, 0.05) is 32.1 Å². The lowest BCUT2D eigenvalue weighted by Crippen LogP contribution is -2.20. The van der Waals surface area contributed by atoms with Crippen molar-refractivity contribution in [2.24, 2.45) is 0 Å². The predicted octanol–water partition coefficient (Wildman–Crippen LogP) is 2.43. The van der Waals surface area contributed by atoms with Crippen LogP contribution >= 0.6 is 0 Å². The molecule has 0 aliphatic heterocycles. The number of unbranched alkanes of at least 4 members (excludes halogenated alkanes) is 2. The lowest BCUT2D eigenvalue weighted by atomic mass is 10.1. The van der Waals surface area contributed by atoms with Gasteiger partial charge < -0.3 is 16.0 Å². The van der Waals surface area contributed by atoms with Crippen LogP contribution < -0.4 is 16.0 Å². The zero-order chi connectivity index (χ0) is 16.2. The quantitative estimate of drug-likeness (QED) is 0.581. The standard InChI is InChI=1S/C17H27N3O2/c1-3-18-13-15-9-6-7-10-16(15)20-17(22)11-5-4-8-12-19-14(2)21/h6-7,9-10,18H,3-5,8,11-13H2,1-2H3,(H,19,21)(H,20,22). The van der Waals surface area contributed by atoms with Crippen LogP contribution in [0.3, 0.4) is 0 Å². The Balaban J connectivity index is 2.28. The minimum absolute atomic E-state index is 0.00459. The Morgan fingerprint density at radius 1 is 1.09 bits per heavy atom. The molecule has 0 aliphatic rings. The third-order valence-electron chi connectivity index (χ3n) is 3.31. The Morgan fingerprint density at radius 2 is 1.86 bits per heavy atom. The van der Waals surface area contributed by atoms with Gasteiger partial charge in [0.2, 0.25) is 11.8 Å². The van der Waals surface area contributed by atoms with Crippen LogP contribution in [0.2, 0.25) is 0 Å². The Bertz CT molecular complexity index is 475. The van der Waals surface area contributed by atoms with Crippen LogP contribution in [0.25, 0.3) is 0 Å². The van der Waals surface area contributed by atoms with Gasteiger partial charge in [-0.1, -0.05) is 31.5 Å². The lowest BCUT2D eigenvalue weighted by molar-refractivity contribution is -0.119. The third-order valence-corrected chi connectivity index (χ3v) is 3.31. The van der Waals surface area contributed by atoms with E-state index in [2.05, 4.69) is 22.9 Å². The molecule has 0 saturated heterocycles. The van der Waals surface area contributed by atoms with Gasteiger partial charge in [-0.3, -0.25) is 9.59 Å². The molecule has 3 N–H and O–H groups in total. The minimum Gasteiger partial charge on any atom is -0.356 e. The molecule has 0 saturated carbocycles. The highest BCUT2D eigenvalue weighted by Crippen LogP contribution is 2.15. The number of nitrogens with one attached hydrogen (secondary N) is 3. The smallest absolute Gasteiger partial charge is 0.224 e. The average Bonchev–Trinajstić information content (AvgIpc) is 2.49. The van der Waals surface area contributed by atoms with E-state index in [0.29, 0.717) is 13.0 Å². The second kappa shape index (κ2) is 10.8. The summed E-state index contributed by atoms with van der Waals surface area (Å²) in [5, 5.41) is 9.00. The van der Waals surface area contributed by atoms with Crippen LogP contribution in [-0.4, -0.2) is 24.9 Å². The van der Waals surface area contributed by atoms with Crippen molar-refractivity contribution < 1.29 is 9.59 Å². The molecule has 0 aliphatic carbocycles. The number of benzene rings is 1. The van der Waals surface area contributed by atoms with E-state index >= 15 is 0 Å². The predicted molar refractivity (Wildman–Crippen MR) is 89.6 cm³/mol. The molecule has 1 rings (SSSR count). The summed E-state index contributed by atoms with van der Waals surface area (Å²) in [5.41, 5.74) is 1.98. The largest absolute Gasteiger partial charge is 0.356 e. The van der Waals surface area contributed by atoms with Crippen LogP contribution in [0.15, 0.2) is 24.3 Å². The molecule has 0 radical (unpaired) electrons. The fraction of sp³-hybridized carbons (Fsp3) is 0.529. The van der Waals surface area contributed by atoms with Crippen molar-refractivity contribution in [3.63, 3.8) is 0 Å². The normalized spacial score (nSPS) is 10.3. The zero-order valence-electron chi connectivity index (χ0n) is 13.6. The summed E-state index contributed by atoms with van der Waals surface area (Å²) in [7, 11) is 0. The SMILES string of the molecule is CCNCc1ccccc1NC(=O)CCCCCNC(C)=O. The molecule has 1 aromatic rings. The third kappa shape index (κ3) is 7.78. The highest BCUT2D eigenvalue weighted by Gasteiger charge is 2.06. The molecular formula is C17H27N3O2. The van der Waals surface area contributed by atoms with E-state index in [4.69, 9.17) is 0 Å². The van der Waals surface area contributed by atoms with Crippen molar-refractivity contribution in [1.29, 1.82) is 0 Å². The molecule has 0 spiro atoms. The van der Waals surface area contributed by atoms with E-state index in [1.165, 1.54) is 6.92 Å². The Morgan fingerprint density at radius 3 is 2.59 bits per heavy atom. The van der Waals surface area contributed by atoms with Gasteiger partial charge in [0.05, 0.1) is 0 Å². The van der Waals surface area contributed by atoms with Gasteiger partial charge in [-0.15, -0.1) is 0 Å². The first-order valence-electron chi connectivity index (χ1n) is 7.96. The molecule has 0 atom stereocenters. The molecule has 2 amide bonds. The zero-order valence-corrected chi connectivity index (χ0v) is 13.6. The second-order valence-corrected chi connectivity index (χ2v) is 5.28. The molecule has 122 valence electrons. The summed E-state index contributed by atoms with van der Waals surface area (Å²) in [6.07, 6.45) is 3.19. The van der Waals surface area contributed by atoms with Crippen LogP contribution in [-0.2, 0) is 16.1 Å². The monoisotopic (exact) mass is 305 g/mol. The maximum Gasteiger partial charge on any atom is 0.224 e. The molecule has 5 heteroatoms. The Labute approximate surface area is 132 Å². The van der Waals surface area contributed by atoms with Crippen molar-refractivity contribution in [2.75, 3.05) is 18.4 Å². The van der Waals surface area contributed by atoms with Crippen molar-refractivity contribution in [3.05, 3.63) is 29.8 Å². The van der Waals surface area contributed by atoms with E-state index in [1.54, 1.807) is 0 Å². The van der Waals surface area contributed by atoms with Gasteiger partial charge in [0.15, 0.2) is 0 Å². The number of hydrogen-bond acceptors (Lipinski definition) is 3. The van der Waals surface area contributed by atoms with Crippen LogP contribution in [0, 0.1) is 0 Å². The second-order valence-electron chi connectivity index (χ2n) is 5.28. The van der Waals surface area contributed by atoms with Crippen LogP contribution in [0.5, 0.6) is 0 Å². The summed E-state index contributed by atoms with van der Waals surface area (Å²) in [4.78, 5) is 22.7. The summed E-state index contributed by atoms with van der Waals surface area (Å²) in [5.74, 6) is 0.0403. The van der Waals surface area contributed by atoms with E-state index in [-0.39, 0.29) is 11.8 Å². The molecular weight excluding hydrogens is 278 g/mol. The first kappa shape index (κ1) is 18.2. The number of carbonyl (C=O) groups excluding carboxylic acids is 2. The number of rotatable bonds is 10. The van der Waals surface area contributed by atoms with Gasteiger partial charge in [0.1, 0.15) is 0 Å². The van der Waals surface area contributed by atoms with Crippen molar-refractivity contribution in [1.82, 2.24) is 10.6 Å². The molecule has 0 aromatic heterocycles. The number of para-hydroxylation sites is 1. The van der Waals surface area contributed by atoms with Crippen molar-refractivity contribution >= 4 is 17.5 Å². The maximum atomic E-state index is 12.0. The van der Waals surface area contributed by atoms with E-state index < -0.39 is 0 Å². The first-order chi connectivity index (χ1) is 10.6. The Kier molecular flexibility index (Phi) is 8.91. The fourth-order valence-corrected chi connectivity index (χ4v) is 2.12. The fourth-order valence-electron chi connectivity index (χ4n) is 2.12. The van der Waals surface area contributed by atoms with Gasteiger partial charge in [-0.2, -0.15) is 0 Å². The Hall–Kier alpha value is -1.88. The van der Waals surface area contributed by atoms with Crippen LogP contribution in [0.4, 0.5) is 5.69 Å². The number of amides is 2. The van der Waals surface area contributed by atoms with Crippen LogP contribution in [0.1, 0.15) is 45.1 Å². The van der Waals surface area contributed by atoms with Crippen molar-refractivity contribution in [2.45, 2.75) is 46.1 Å². The molecule has 0 bridgehead atoms. The molecule has 0 unspecified atom stereocenters. The number of hydrogen-bond donors (Lipinski definition) is 3. The molecule has 22 heavy (non-hydrogen) atoms. The highest BCUT2D eigenvalue weighted by atomic mass is 16.2. The maximum absolute atomic E-state index is 12.0. The molecule has 0 heterocycles. The molecule has 0 fully saturated rings.